The molecule has 0 spiro atoms. The van der Waals surface area contributed by atoms with E-state index in [1.807, 2.05) is 12.1 Å². The second-order valence-corrected chi connectivity index (χ2v) is 6.12. The fourth-order valence-electron chi connectivity index (χ4n) is 2.84. The lowest BCUT2D eigenvalue weighted by Crippen LogP contribution is -2.47. The highest BCUT2D eigenvalue weighted by atomic mass is 35.5. The number of nitrogens with one attached hydrogen (secondary N) is 1. The van der Waals surface area contributed by atoms with Crippen molar-refractivity contribution in [2.45, 2.75) is 44.9 Å². The van der Waals surface area contributed by atoms with E-state index in [0.717, 1.165) is 48.9 Å². The number of rotatable bonds is 3. The molecule has 19 heavy (non-hydrogen) atoms. The maximum absolute atomic E-state index is 6.18. The van der Waals surface area contributed by atoms with Crippen LogP contribution >= 0.6 is 11.6 Å². The molecule has 2 aliphatic heterocycles. The zero-order chi connectivity index (χ0) is 13.5. The van der Waals surface area contributed by atoms with Crippen molar-refractivity contribution in [2.24, 2.45) is 0 Å². The summed E-state index contributed by atoms with van der Waals surface area (Å²) >= 11 is 6.18. The smallest absolute Gasteiger partial charge is 0.127 e. The van der Waals surface area contributed by atoms with Gasteiger partial charge in [-0.2, -0.15) is 0 Å². The number of benzene rings is 1. The Morgan fingerprint density at radius 3 is 3.00 bits per heavy atom. The van der Waals surface area contributed by atoms with Gasteiger partial charge < -0.3 is 14.8 Å². The molecule has 2 heterocycles. The molecule has 2 atom stereocenters. The third kappa shape index (κ3) is 2.47. The van der Waals surface area contributed by atoms with Crippen molar-refractivity contribution in [3.8, 4) is 5.75 Å². The molecule has 3 rings (SSSR count). The number of ether oxygens (including phenoxy) is 2. The first-order chi connectivity index (χ1) is 9.08. The average Bonchev–Trinajstić information content (AvgIpc) is 2.95. The number of hydrogen-bond acceptors (Lipinski definition) is 3. The maximum atomic E-state index is 6.18. The molecule has 104 valence electrons. The van der Waals surface area contributed by atoms with Crippen LogP contribution in [0.5, 0.6) is 5.75 Å². The largest absolute Gasteiger partial charge is 0.493 e. The van der Waals surface area contributed by atoms with Crippen LogP contribution in [0.3, 0.4) is 0 Å². The van der Waals surface area contributed by atoms with Crippen LogP contribution in [0.4, 0.5) is 0 Å². The molecular formula is C15H20ClNO2. The average molecular weight is 282 g/mol. The second kappa shape index (κ2) is 4.97. The molecular weight excluding hydrogens is 262 g/mol. The Morgan fingerprint density at radius 2 is 2.26 bits per heavy atom. The summed E-state index contributed by atoms with van der Waals surface area (Å²) in [5.74, 6) is 1.02. The van der Waals surface area contributed by atoms with Gasteiger partial charge in [-0.05, 0) is 38.0 Å². The van der Waals surface area contributed by atoms with E-state index >= 15 is 0 Å². The molecule has 0 bridgehead atoms. The van der Waals surface area contributed by atoms with E-state index < -0.39 is 0 Å². The minimum absolute atomic E-state index is 0.0355. The van der Waals surface area contributed by atoms with E-state index in [0.29, 0.717) is 0 Å². The molecule has 1 aromatic carbocycles. The molecule has 0 saturated carbocycles. The van der Waals surface area contributed by atoms with Crippen molar-refractivity contribution in [1.29, 1.82) is 0 Å². The van der Waals surface area contributed by atoms with Crippen LogP contribution in [0.1, 0.15) is 31.4 Å². The topological polar surface area (TPSA) is 30.5 Å². The summed E-state index contributed by atoms with van der Waals surface area (Å²) in [4.78, 5) is 0. The van der Waals surface area contributed by atoms with Crippen molar-refractivity contribution in [1.82, 2.24) is 5.32 Å². The van der Waals surface area contributed by atoms with Crippen LogP contribution in [0, 0.1) is 0 Å². The number of halogens is 1. The van der Waals surface area contributed by atoms with E-state index in [1.54, 1.807) is 0 Å². The van der Waals surface area contributed by atoms with Gasteiger partial charge in [-0.1, -0.05) is 11.6 Å². The third-order valence-electron chi connectivity index (χ3n) is 4.39. The fourth-order valence-corrected chi connectivity index (χ4v) is 3.10. The van der Waals surface area contributed by atoms with Gasteiger partial charge in [-0.25, -0.2) is 0 Å². The van der Waals surface area contributed by atoms with Crippen molar-refractivity contribution in [3.05, 3.63) is 28.3 Å². The lowest BCUT2D eigenvalue weighted by Gasteiger charge is -2.29. The van der Waals surface area contributed by atoms with Crippen LogP contribution in [0.25, 0.3) is 0 Å². The van der Waals surface area contributed by atoms with Gasteiger partial charge in [0.25, 0.3) is 0 Å². The standard InChI is InChI=1S/C15H20ClNO2/c1-10-15(2,4-6-18-10)17-9-12-8-13(16)7-11-3-5-19-14(11)12/h7-8,10,17H,3-6,9H2,1-2H3. The van der Waals surface area contributed by atoms with E-state index in [2.05, 4.69) is 19.2 Å². The highest BCUT2D eigenvalue weighted by Crippen LogP contribution is 2.34. The van der Waals surface area contributed by atoms with Crippen LogP contribution in [-0.4, -0.2) is 24.9 Å². The first-order valence-electron chi connectivity index (χ1n) is 6.89. The van der Waals surface area contributed by atoms with Gasteiger partial charge in [0, 0.05) is 35.7 Å². The van der Waals surface area contributed by atoms with Gasteiger partial charge >= 0.3 is 0 Å². The molecule has 2 unspecified atom stereocenters. The Bertz CT molecular complexity index is 491. The molecule has 0 radical (unpaired) electrons. The van der Waals surface area contributed by atoms with E-state index in [4.69, 9.17) is 21.1 Å². The summed E-state index contributed by atoms with van der Waals surface area (Å²) in [6, 6.07) is 4.01. The summed E-state index contributed by atoms with van der Waals surface area (Å²) < 4.78 is 11.4. The van der Waals surface area contributed by atoms with Crippen molar-refractivity contribution >= 4 is 11.6 Å². The highest BCUT2D eigenvalue weighted by molar-refractivity contribution is 6.30. The molecule has 0 aromatic heterocycles. The SMILES string of the molecule is CC1OCCC1(C)NCc1cc(Cl)cc2c1OCC2. The Balaban J connectivity index is 1.77. The molecule has 1 N–H and O–H groups in total. The van der Waals surface area contributed by atoms with Gasteiger partial charge in [0.15, 0.2) is 0 Å². The quantitative estimate of drug-likeness (QED) is 0.924. The fraction of sp³-hybridized carbons (Fsp3) is 0.600. The summed E-state index contributed by atoms with van der Waals surface area (Å²) in [5, 5.41) is 4.41. The van der Waals surface area contributed by atoms with Gasteiger partial charge in [0.1, 0.15) is 5.75 Å². The van der Waals surface area contributed by atoms with Crippen LogP contribution in [0.15, 0.2) is 12.1 Å². The van der Waals surface area contributed by atoms with Gasteiger partial charge in [0.2, 0.25) is 0 Å². The molecule has 1 fully saturated rings. The Kier molecular flexibility index (Phi) is 3.46. The lowest BCUT2D eigenvalue weighted by atomic mass is 9.94. The first-order valence-corrected chi connectivity index (χ1v) is 7.27. The van der Waals surface area contributed by atoms with Crippen LogP contribution in [0.2, 0.25) is 5.02 Å². The Hall–Kier alpha value is -0.770. The first kappa shape index (κ1) is 13.2. The predicted molar refractivity (Wildman–Crippen MR) is 75.9 cm³/mol. The highest BCUT2D eigenvalue weighted by Gasteiger charge is 2.36. The van der Waals surface area contributed by atoms with Crippen molar-refractivity contribution in [2.75, 3.05) is 13.2 Å². The Labute approximate surface area is 119 Å². The molecule has 0 amide bonds. The molecule has 0 aliphatic carbocycles. The normalized spacial score (nSPS) is 29.3. The van der Waals surface area contributed by atoms with Gasteiger partial charge in [0.05, 0.1) is 12.7 Å². The maximum Gasteiger partial charge on any atom is 0.127 e. The summed E-state index contributed by atoms with van der Waals surface area (Å²) in [6.45, 7) is 6.70. The number of hydrogen-bond donors (Lipinski definition) is 1. The Morgan fingerprint density at radius 1 is 1.42 bits per heavy atom. The molecule has 4 heteroatoms. The monoisotopic (exact) mass is 281 g/mol. The predicted octanol–water partition coefficient (Wildman–Crippen LogP) is 2.93. The van der Waals surface area contributed by atoms with Gasteiger partial charge in [-0.15, -0.1) is 0 Å². The number of fused-ring (bicyclic) bond motifs is 1. The third-order valence-corrected chi connectivity index (χ3v) is 4.61. The minimum Gasteiger partial charge on any atom is -0.493 e. The van der Waals surface area contributed by atoms with Crippen molar-refractivity contribution < 1.29 is 9.47 Å². The summed E-state index contributed by atoms with van der Waals surface area (Å²) in [7, 11) is 0. The molecule has 1 saturated heterocycles. The lowest BCUT2D eigenvalue weighted by molar-refractivity contribution is 0.0880. The van der Waals surface area contributed by atoms with E-state index in [-0.39, 0.29) is 11.6 Å². The minimum atomic E-state index is 0.0355. The van der Waals surface area contributed by atoms with E-state index in [1.165, 1.54) is 5.56 Å². The summed E-state index contributed by atoms with van der Waals surface area (Å²) in [6.07, 6.45) is 2.23. The van der Waals surface area contributed by atoms with Crippen LogP contribution in [-0.2, 0) is 17.7 Å². The molecule has 2 aliphatic rings. The molecule has 1 aromatic rings. The summed E-state index contributed by atoms with van der Waals surface area (Å²) in [5.41, 5.74) is 2.42. The zero-order valence-electron chi connectivity index (χ0n) is 11.5. The van der Waals surface area contributed by atoms with E-state index in [9.17, 15) is 0 Å². The zero-order valence-corrected chi connectivity index (χ0v) is 12.2. The van der Waals surface area contributed by atoms with Crippen LogP contribution < -0.4 is 10.1 Å². The molecule has 3 nitrogen and oxygen atoms in total. The van der Waals surface area contributed by atoms with Crippen molar-refractivity contribution in [3.63, 3.8) is 0 Å². The van der Waals surface area contributed by atoms with Gasteiger partial charge in [-0.3, -0.25) is 0 Å². The second-order valence-electron chi connectivity index (χ2n) is 5.69.